The van der Waals surface area contributed by atoms with Crippen molar-refractivity contribution in [2.24, 2.45) is 0 Å². The van der Waals surface area contributed by atoms with Gasteiger partial charge in [-0.2, -0.15) is 4.98 Å². The molecule has 0 atom stereocenters. The van der Waals surface area contributed by atoms with Gasteiger partial charge >= 0.3 is 0 Å². The number of H-pyrrole nitrogens is 2. The lowest BCUT2D eigenvalue weighted by Crippen LogP contribution is -2.13. The van der Waals surface area contributed by atoms with Crippen molar-refractivity contribution in [2.45, 2.75) is 6.92 Å². The van der Waals surface area contributed by atoms with E-state index in [1.54, 1.807) is 31.3 Å². The molecular weight excluding hydrogens is 290 g/mol. The number of rotatable bonds is 3. The van der Waals surface area contributed by atoms with Crippen LogP contribution in [0.3, 0.4) is 0 Å². The Kier molecular flexibility index (Phi) is 3.45. The lowest BCUT2D eigenvalue weighted by atomic mass is 10.1. The SMILES string of the molecule is Cc1nc(NC(=O)c2cc(-c3ccc(Cl)cc3)c[nH]2)n[nH]1. The summed E-state index contributed by atoms with van der Waals surface area (Å²) in [4.78, 5) is 19.0. The third-order valence-corrected chi connectivity index (χ3v) is 3.18. The van der Waals surface area contributed by atoms with Crippen LogP contribution in [0.4, 0.5) is 5.95 Å². The van der Waals surface area contributed by atoms with Crippen molar-refractivity contribution in [2.75, 3.05) is 5.32 Å². The molecule has 1 amide bonds. The number of carbonyl (C=O) groups excluding carboxylic acids is 1. The standard InChI is InChI=1S/C14H12ClN5O/c1-8-17-14(20-19-8)18-13(21)12-6-10(7-16-12)9-2-4-11(15)5-3-9/h2-7,16H,1H3,(H2,17,18,19,20,21). The first kappa shape index (κ1) is 13.4. The first-order chi connectivity index (χ1) is 10.1. The topological polar surface area (TPSA) is 86.5 Å². The van der Waals surface area contributed by atoms with Crippen LogP contribution >= 0.6 is 11.6 Å². The van der Waals surface area contributed by atoms with Crippen molar-refractivity contribution >= 4 is 23.5 Å². The van der Waals surface area contributed by atoms with E-state index in [4.69, 9.17) is 11.6 Å². The molecule has 106 valence electrons. The molecule has 0 fully saturated rings. The maximum absolute atomic E-state index is 12.1. The third kappa shape index (κ3) is 2.95. The van der Waals surface area contributed by atoms with Crippen molar-refractivity contribution in [3.8, 4) is 11.1 Å². The van der Waals surface area contributed by atoms with Crippen LogP contribution in [-0.4, -0.2) is 26.1 Å². The molecule has 0 unspecified atom stereocenters. The minimum atomic E-state index is -0.297. The molecule has 0 aliphatic heterocycles. The lowest BCUT2D eigenvalue weighted by Gasteiger charge is -1.98. The minimum absolute atomic E-state index is 0.250. The summed E-state index contributed by atoms with van der Waals surface area (Å²) >= 11 is 5.86. The number of amides is 1. The zero-order chi connectivity index (χ0) is 14.8. The number of aromatic amines is 2. The molecule has 0 saturated carbocycles. The average Bonchev–Trinajstić information content (AvgIpc) is 3.09. The molecule has 0 spiro atoms. The van der Waals surface area contributed by atoms with Crippen LogP contribution in [0, 0.1) is 6.92 Å². The van der Waals surface area contributed by atoms with E-state index in [0.29, 0.717) is 16.5 Å². The van der Waals surface area contributed by atoms with Crippen LogP contribution in [-0.2, 0) is 0 Å². The second-order valence-corrected chi connectivity index (χ2v) is 4.94. The Hall–Kier alpha value is -2.60. The summed E-state index contributed by atoms with van der Waals surface area (Å²) in [5, 5.41) is 9.80. The van der Waals surface area contributed by atoms with Gasteiger partial charge in [0.15, 0.2) is 0 Å². The molecule has 2 aromatic heterocycles. The Bertz CT molecular complexity index is 775. The van der Waals surface area contributed by atoms with Crippen LogP contribution in [0.5, 0.6) is 0 Å². The van der Waals surface area contributed by atoms with E-state index >= 15 is 0 Å². The van der Waals surface area contributed by atoms with Gasteiger partial charge in [-0.3, -0.25) is 15.2 Å². The van der Waals surface area contributed by atoms with Crippen LogP contribution in [0.2, 0.25) is 5.02 Å². The van der Waals surface area contributed by atoms with Crippen LogP contribution < -0.4 is 5.32 Å². The molecule has 0 saturated heterocycles. The molecule has 0 bridgehead atoms. The normalized spacial score (nSPS) is 10.6. The zero-order valence-electron chi connectivity index (χ0n) is 11.1. The first-order valence-electron chi connectivity index (χ1n) is 6.26. The number of nitrogens with zero attached hydrogens (tertiary/aromatic N) is 2. The van der Waals surface area contributed by atoms with Crippen molar-refractivity contribution < 1.29 is 4.79 Å². The van der Waals surface area contributed by atoms with Crippen LogP contribution in [0.1, 0.15) is 16.3 Å². The smallest absolute Gasteiger partial charge is 0.274 e. The van der Waals surface area contributed by atoms with Gasteiger partial charge in [0.2, 0.25) is 5.95 Å². The van der Waals surface area contributed by atoms with Crippen LogP contribution in [0.25, 0.3) is 11.1 Å². The number of nitrogens with one attached hydrogen (secondary N) is 3. The largest absolute Gasteiger partial charge is 0.357 e. The number of aromatic nitrogens is 4. The zero-order valence-corrected chi connectivity index (χ0v) is 11.9. The van der Waals surface area contributed by atoms with Gasteiger partial charge in [0.25, 0.3) is 5.91 Å². The highest BCUT2D eigenvalue weighted by atomic mass is 35.5. The molecule has 3 aromatic rings. The maximum atomic E-state index is 12.1. The Balaban J connectivity index is 1.78. The van der Waals surface area contributed by atoms with Gasteiger partial charge < -0.3 is 4.98 Å². The molecule has 2 heterocycles. The minimum Gasteiger partial charge on any atom is -0.357 e. The van der Waals surface area contributed by atoms with Crippen LogP contribution in [0.15, 0.2) is 36.5 Å². The highest BCUT2D eigenvalue weighted by molar-refractivity contribution is 6.30. The lowest BCUT2D eigenvalue weighted by molar-refractivity contribution is 0.102. The Morgan fingerprint density at radius 1 is 1.24 bits per heavy atom. The molecule has 0 radical (unpaired) electrons. The van der Waals surface area contributed by atoms with Gasteiger partial charge in [0.1, 0.15) is 11.5 Å². The summed E-state index contributed by atoms with van der Waals surface area (Å²) < 4.78 is 0. The highest BCUT2D eigenvalue weighted by Gasteiger charge is 2.12. The summed E-state index contributed by atoms with van der Waals surface area (Å²) in [7, 11) is 0. The molecular formula is C14H12ClN5O. The number of aryl methyl sites for hydroxylation is 1. The summed E-state index contributed by atoms with van der Waals surface area (Å²) in [6, 6.07) is 9.16. The second kappa shape index (κ2) is 5.41. The number of hydrogen-bond acceptors (Lipinski definition) is 3. The molecule has 3 rings (SSSR count). The summed E-state index contributed by atoms with van der Waals surface area (Å²) in [6.07, 6.45) is 1.77. The molecule has 1 aromatic carbocycles. The first-order valence-corrected chi connectivity index (χ1v) is 6.64. The summed E-state index contributed by atoms with van der Waals surface area (Å²) in [5.74, 6) is 0.591. The monoisotopic (exact) mass is 301 g/mol. The molecule has 7 heteroatoms. The molecule has 21 heavy (non-hydrogen) atoms. The number of carbonyl (C=O) groups is 1. The maximum Gasteiger partial charge on any atom is 0.274 e. The van der Waals surface area contributed by atoms with Gasteiger partial charge in [-0.1, -0.05) is 23.7 Å². The van der Waals surface area contributed by atoms with E-state index in [-0.39, 0.29) is 11.9 Å². The fourth-order valence-corrected chi connectivity index (χ4v) is 2.03. The van der Waals surface area contributed by atoms with Crippen molar-refractivity contribution in [1.29, 1.82) is 0 Å². The average molecular weight is 302 g/mol. The summed E-state index contributed by atoms with van der Waals surface area (Å²) in [6.45, 7) is 1.76. The van der Waals surface area contributed by atoms with Gasteiger partial charge in [0.05, 0.1) is 0 Å². The Morgan fingerprint density at radius 2 is 2.00 bits per heavy atom. The fourth-order valence-electron chi connectivity index (χ4n) is 1.90. The second-order valence-electron chi connectivity index (χ2n) is 4.51. The Labute approximate surface area is 125 Å². The molecule has 3 N–H and O–H groups in total. The third-order valence-electron chi connectivity index (χ3n) is 2.93. The van der Waals surface area contributed by atoms with E-state index in [9.17, 15) is 4.79 Å². The van der Waals surface area contributed by atoms with E-state index in [2.05, 4.69) is 25.5 Å². The molecule has 0 aliphatic carbocycles. The van der Waals surface area contributed by atoms with Crippen molar-refractivity contribution in [3.05, 3.63) is 53.1 Å². The Morgan fingerprint density at radius 3 is 2.67 bits per heavy atom. The van der Waals surface area contributed by atoms with Gasteiger partial charge in [0, 0.05) is 11.2 Å². The van der Waals surface area contributed by atoms with Gasteiger partial charge in [-0.25, -0.2) is 0 Å². The fraction of sp³-hybridized carbons (Fsp3) is 0.0714. The van der Waals surface area contributed by atoms with E-state index in [0.717, 1.165) is 11.1 Å². The number of anilines is 1. The molecule has 0 aliphatic rings. The number of hydrogen-bond donors (Lipinski definition) is 3. The van der Waals surface area contributed by atoms with Crippen molar-refractivity contribution in [1.82, 2.24) is 20.2 Å². The highest BCUT2D eigenvalue weighted by Crippen LogP contribution is 2.22. The molecule has 6 nitrogen and oxygen atoms in total. The van der Waals surface area contributed by atoms with E-state index in [1.165, 1.54) is 0 Å². The van der Waals surface area contributed by atoms with Gasteiger partial charge in [-0.05, 0) is 36.2 Å². The quantitative estimate of drug-likeness (QED) is 0.695. The van der Waals surface area contributed by atoms with E-state index < -0.39 is 0 Å². The van der Waals surface area contributed by atoms with Gasteiger partial charge in [-0.15, -0.1) is 5.10 Å². The summed E-state index contributed by atoms with van der Waals surface area (Å²) in [5.41, 5.74) is 2.31. The predicted octanol–water partition coefficient (Wildman–Crippen LogP) is 3.01. The number of benzene rings is 1. The number of halogens is 1. The van der Waals surface area contributed by atoms with E-state index in [1.807, 2.05) is 12.1 Å². The predicted molar refractivity (Wildman–Crippen MR) is 80.3 cm³/mol. The van der Waals surface area contributed by atoms with Crippen molar-refractivity contribution in [3.63, 3.8) is 0 Å².